The van der Waals surface area contributed by atoms with E-state index in [2.05, 4.69) is 11.8 Å². The Balaban J connectivity index is 2.33. The Morgan fingerprint density at radius 1 is 1.33 bits per heavy atom. The summed E-state index contributed by atoms with van der Waals surface area (Å²) < 4.78 is 13.7. The van der Waals surface area contributed by atoms with Gasteiger partial charge in [0.15, 0.2) is 0 Å². The highest BCUT2D eigenvalue weighted by molar-refractivity contribution is 5.57. The molecule has 0 aliphatic carbocycles. The predicted molar refractivity (Wildman–Crippen MR) is 74.4 cm³/mol. The first-order valence-corrected chi connectivity index (χ1v) is 6.79. The first-order chi connectivity index (χ1) is 8.49. The molecule has 0 bridgehead atoms. The lowest BCUT2D eigenvalue weighted by atomic mass is 9.96. The van der Waals surface area contributed by atoms with Gasteiger partial charge in [0, 0.05) is 24.8 Å². The molecule has 3 heteroatoms. The maximum atomic E-state index is 13.7. The third kappa shape index (κ3) is 2.66. The van der Waals surface area contributed by atoms with E-state index >= 15 is 0 Å². The molecule has 0 amide bonds. The summed E-state index contributed by atoms with van der Waals surface area (Å²) in [5.74, 6) is 0.637. The third-order valence-corrected chi connectivity index (χ3v) is 3.92. The number of halogens is 1. The lowest BCUT2D eigenvalue weighted by Crippen LogP contribution is -2.34. The highest BCUT2D eigenvalue weighted by Crippen LogP contribution is 2.31. The van der Waals surface area contributed by atoms with Crippen LogP contribution >= 0.6 is 0 Å². The SMILES string of the molecule is Cc1cc(N2CCC(C)CC2)c([C@@H](C)N)cc1F. The van der Waals surface area contributed by atoms with Gasteiger partial charge >= 0.3 is 0 Å². The number of hydrogen-bond acceptors (Lipinski definition) is 2. The zero-order chi connectivity index (χ0) is 13.3. The average Bonchev–Trinajstić information content (AvgIpc) is 2.33. The van der Waals surface area contributed by atoms with Crippen LogP contribution in [0.15, 0.2) is 12.1 Å². The van der Waals surface area contributed by atoms with E-state index in [1.54, 1.807) is 6.07 Å². The van der Waals surface area contributed by atoms with E-state index in [1.165, 1.54) is 12.8 Å². The molecular formula is C15H23FN2. The maximum absolute atomic E-state index is 13.7. The van der Waals surface area contributed by atoms with Crippen molar-refractivity contribution in [3.8, 4) is 0 Å². The predicted octanol–water partition coefficient (Wildman–Crippen LogP) is 3.39. The fourth-order valence-corrected chi connectivity index (χ4v) is 2.57. The van der Waals surface area contributed by atoms with Gasteiger partial charge in [-0.2, -0.15) is 0 Å². The van der Waals surface area contributed by atoms with E-state index in [0.29, 0.717) is 5.56 Å². The standard InChI is InChI=1S/C15H23FN2/c1-10-4-6-18(7-5-10)15-8-11(2)14(16)9-13(15)12(3)17/h8-10,12H,4-7,17H2,1-3H3/t12-/m1/s1. The van der Waals surface area contributed by atoms with Gasteiger partial charge in [-0.25, -0.2) is 4.39 Å². The molecule has 2 rings (SSSR count). The third-order valence-electron chi connectivity index (χ3n) is 3.92. The monoisotopic (exact) mass is 250 g/mol. The van der Waals surface area contributed by atoms with Crippen molar-refractivity contribution in [2.24, 2.45) is 11.7 Å². The minimum absolute atomic E-state index is 0.130. The molecule has 0 radical (unpaired) electrons. The van der Waals surface area contributed by atoms with Gasteiger partial charge in [-0.05, 0) is 55.9 Å². The molecule has 2 nitrogen and oxygen atoms in total. The number of aryl methyl sites for hydroxylation is 1. The fourth-order valence-electron chi connectivity index (χ4n) is 2.57. The number of nitrogens with zero attached hydrogens (tertiary/aromatic N) is 1. The largest absolute Gasteiger partial charge is 0.371 e. The average molecular weight is 250 g/mol. The Morgan fingerprint density at radius 3 is 2.50 bits per heavy atom. The molecule has 1 aromatic rings. The van der Waals surface area contributed by atoms with Crippen molar-refractivity contribution in [1.82, 2.24) is 0 Å². The van der Waals surface area contributed by atoms with E-state index < -0.39 is 0 Å². The number of rotatable bonds is 2. The molecule has 1 atom stereocenters. The quantitative estimate of drug-likeness (QED) is 0.871. The summed E-state index contributed by atoms with van der Waals surface area (Å²) in [5.41, 5.74) is 8.72. The van der Waals surface area contributed by atoms with Crippen LogP contribution in [-0.2, 0) is 0 Å². The second-order valence-corrected chi connectivity index (χ2v) is 5.62. The summed E-state index contributed by atoms with van der Waals surface area (Å²) in [7, 11) is 0. The maximum Gasteiger partial charge on any atom is 0.126 e. The molecule has 2 N–H and O–H groups in total. The van der Waals surface area contributed by atoms with Gasteiger partial charge in [-0.3, -0.25) is 0 Å². The zero-order valence-corrected chi connectivity index (χ0v) is 11.5. The van der Waals surface area contributed by atoms with Gasteiger partial charge in [0.1, 0.15) is 5.82 Å². The number of hydrogen-bond donors (Lipinski definition) is 1. The van der Waals surface area contributed by atoms with Crippen LogP contribution in [0, 0.1) is 18.7 Å². The van der Waals surface area contributed by atoms with Crippen molar-refractivity contribution in [3.05, 3.63) is 29.1 Å². The molecule has 0 spiro atoms. The molecule has 1 aliphatic heterocycles. The van der Waals surface area contributed by atoms with Crippen LogP contribution in [0.4, 0.5) is 10.1 Å². The first-order valence-electron chi connectivity index (χ1n) is 6.79. The van der Waals surface area contributed by atoms with Crippen LogP contribution in [0.1, 0.15) is 43.9 Å². The summed E-state index contributed by atoms with van der Waals surface area (Å²) in [6, 6.07) is 3.42. The lowest BCUT2D eigenvalue weighted by molar-refractivity contribution is 0.437. The summed E-state index contributed by atoms with van der Waals surface area (Å²) in [6.45, 7) is 8.12. The Bertz CT molecular complexity index is 421. The van der Waals surface area contributed by atoms with Crippen molar-refractivity contribution < 1.29 is 4.39 Å². The van der Waals surface area contributed by atoms with Crippen LogP contribution in [0.2, 0.25) is 0 Å². The van der Waals surface area contributed by atoms with Crippen LogP contribution in [0.3, 0.4) is 0 Å². The molecule has 100 valence electrons. The Hall–Kier alpha value is -1.09. The van der Waals surface area contributed by atoms with Gasteiger partial charge in [0.05, 0.1) is 0 Å². The van der Waals surface area contributed by atoms with Gasteiger partial charge < -0.3 is 10.6 Å². The summed E-state index contributed by atoms with van der Waals surface area (Å²) in [5, 5.41) is 0. The van der Waals surface area contributed by atoms with Crippen molar-refractivity contribution >= 4 is 5.69 Å². The molecule has 1 fully saturated rings. The minimum atomic E-state index is -0.156. The molecule has 1 aromatic carbocycles. The molecule has 0 unspecified atom stereocenters. The number of nitrogens with two attached hydrogens (primary N) is 1. The van der Waals surface area contributed by atoms with Crippen molar-refractivity contribution in [2.75, 3.05) is 18.0 Å². The number of piperidine rings is 1. The summed E-state index contributed by atoms with van der Waals surface area (Å²) >= 11 is 0. The lowest BCUT2D eigenvalue weighted by Gasteiger charge is -2.34. The molecular weight excluding hydrogens is 227 g/mol. The molecule has 0 aromatic heterocycles. The van der Waals surface area contributed by atoms with Crippen LogP contribution < -0.4 is 10.6 Å². The Kier molecular flexibility index (Phi) is 3.91. The van der Waals surface area contributed by atoms with Crippen LogP contribution in [0.5, 0.6) is 0 Å². The first kappa shape index (κ1) is 13.3. The minimum Gasteiger partial charge on any atom is -0.371 e. The zero-order valence-electron chi connectivity index (χ0n) is 11.5. The summed E-state index contributed by atoms with van der Waals surface area (Å²) in [4.78, 5) is 2.35. The van der Waals surface area contributed by atoms with Gasteiger partial charge in [-0.15, -0.1) is 0 Å². The molecule has 18 heavy (non-hydrogen) atoms. The van der Waals surface area contributed by atoms with Crippen molar-refractivity contribution in [1.29, 1.82) is 0 Å². The van der Waals surface area contributed by atoms with E-state index in [4.69, 9.17) is 5.73 Å². The van der Waals surface area contributed by atoms with Gasteiger partial charge in [-0.1, -0.05) is 6.92 Å². The second-order valence-electron chi connectivity index (χ2n) is 5.62. The highest BCUT2D eigenvalue weighted by Gasteiger charge is 2.20. The summed E-state index contributed by atoms with van der Waals surface area (Å²) in [6.07, 6.45) is 2.41. The van der Waals surface area contributed by atoms with Crippen molar-refractivity contribution in [2.45, 2.75) is 39.7 Å². The number of anilines is 1. The number of benzene rings is 1. The van der Waals surface area contributed by atoms with Crippen LogP contribution in [0.25, 0.3) is 0 Å². The van der Waals surface area contributed by atoms with Gasteiger partial charge in [0.25, 0.3) is 0 Å². The molecule has 1 saturated heterocycles. The van der Waals surface area contributed by atoms with E-state index in [1.807, 2.05) is 19.9 Å². The van der Waals surface area contributed by atoms with Gasteiger partial charge in [0.2, 0.25) is 0 Å². The topological polar surface area (TPSA) is 29.3 Å². The second kappa shape index (κ2) is 5.27. The van der Waals surface area contributed by atoms with E-state index in [-0.39, 0.29) is 11.9 Å². The fraction of sp³-hybridized carbons (Fsp3) is 0.600. The normalized spacial score (nSPS) is 19.1. The van der Waals surface area contributed by atoms with Crippen molar-refractivity contribution in [3.63, 3.8) is 0 Å². The Labute approximate surface area is 109 Å². The molecule has 0 saturated carbocycles. The molecule has 1 aliphatic rings. The highest BCUT2D eigenvalue weighted by atomic mass is 19.1. The smallest absolute Gasteiger partial charge is 0.126 e. The van der Waals surface area contributed by atoms with E-state index in [0.717, 1.165) is 30.3 Å². The van der Waals surface area contributed by atoms with Crippen LogP contribution in [-0.4, -0.2) is 13.1 Å². The molecule has 1 heterocycles. The Morgan fingerprint density at radius 2 is 1.94 bits per heavy atom. The van der Waals surface area contributed by atoms with E-state index in [9.17, 15) is 4.39 Å².